The van der Waals surface area contributed by atoms with Crippen molar-refractivity contribution in [2.45, 2.75) is 45.6 Å². The summed E-state index contributed by atoms with van der Waals surface area (Å²) in [7, 11) is 0. The molecule has 2 aliphatic heterocycles. The minimum atomic E-state index is 0.101. The summed E-state index contributed by atoms with van der Waals surface area (Å²) in [5, 5.41) is 0. The minimum Gasteiger partial charge on any atom is -0.368 e. The molecule has 2 aliphatic rings. The van der Waals surface area contributed by atoms with Gasteiger partial charge in [0.1, 0.15) is 5.69 Å². The van der Waals surface area contributed by atoms with Crippen molar-refractivity contribution in [3.63, 3.8) is 0 Å². The van der Waals surface area contributed by atoms with Crippen molar-refractivity contribution in [2.24, 2.45) is 0 Å². The van der Waals surface area contributed by atoms with E-state index in [-0.39, 0.29) is 5.91 Å². The van der Waals surface area contributed by atoms with Gasteiger partial charge in [-0.25, -0.2) is 4.98 Å². The van der Waals surface area contributed by atoms with Crippen LogP contribution >= 0.6 is 0 Å². The van der Waals surface area contributed by atoms with Gasteiger partial charge in [0.2, 0.25) is 0 Å². The highest BCUT2D eigenvalue weighted by Gasteiger charge is 2.27. The van der Waals surface area contributed by atoms with Gasteiger partial charge in [0, 0.05) is 38.8 Å². The lowest BCUT2D eigenvalue weighted by molar-refractivity contribution is 0.0602. The zero-order valence-corrected chi connectivity index (χ0v) is 15.1. The zero-order valence-electron chi connectivity index (χ0n) is 15.1. The second-order valence-corrected chi connectivity index (χ2v) is 6.88. The Labute approximate surface area is 145 Å². The molecule has 1 atom stereocenters. The lowest BCUT2D eigenvalue weighted by atomic mass is 9.99. The fourth-order valence-electron chi connectivity index (χ4n) is 3.86. The summed E-state index contributed by atoms with van der Waals surface area (Å²) in [6, 6.07) is 4.35. The molecule has 5 nitrogen and oxygen atoms in total. The Balaban J connectivity index is 1.64. The SMILES string of the molecule is CCC1CCCCN1C(=O)c1ccc(N2CCN(CC)CC2)cn1. The number of rotatable bonds is 4. The predicted molar refractivity (Wildman–Crippen MR) is 97.5 cm³/mol. The van der Waals surface area contributed by atoms with Crippen LogP contribution in [0.5, 0.6) is 0 Å². The van der Waals surface area contributed by atoms with Gasteiger partial charge in [-0.3, -0.25) is 4.79 Å². The number of amides is 1. The molecule has 0 aromatic carbocycles. The van der Waals surface area contributed by atoms with E-state index in [1.165, 1.54) is 6.42 Å². The highest BCUT2D eigenvalue weighted by atomic mass is 16.2. The van der Waals surface area contributed by atoms with E-state index < -0.39 is 0 Å². The van der Waals surface area contributed by atoms with Crippen LogP contribution in [0.2, 0.25) is 0 Å². The quantitative estimate of drug-likeness (QED) is 0.851. The molecule has 132 valence electrons. The Bertz CT molecular complexity index is 537. The third-order valence-electron chi connectivity index (χ3n) is 5.51. The highest BCUT2D eigenvalue weighted by molar-refractivity contribution is 5.92. The Morgan fingerprint density at radius 1 is 1.12 bits per heavy atom. The van der Waals surface area contributed by atoms with Crippen LogP contribution in [0.3, 0.4) is 0 Å². The van der Waals surface area contributed by atoms with Crippen molar-refractivity contribution in [1.29, 1.82) is 0 Å². The van der Waals surface area contributed by atoms with Gasteiger partial charge < -0.3 is 14.7 Å². The maximum atomic E-state index is 12.8. The smallest absolute Gasteiger partial charge is 0.272 e. The summed E-state index contributed by atoms with van der Waals surface area (Å²) in [4.78, 5) is 24.1. The molecule has 1 amide bonds. The molecule has 1 aromatic heterocycles. The van der Waals surface area contributed by atoms with E-state index in [0.717, 1.165) is 64.2 Å². The molecule has 0 spiro atoms. The van der Waals surface area contributed by atoms with E-state index in [9.17, 15) is 4.79 Å². The van der Waals surface area contributed by atoms with Gasteiger partial charge in [0.25, 0.3) is 5.91 Å². The predicted octanol–water partition coefficient (Wildman–Crippen LogP) is 2.63. The number of carbonyl (C=O) groups excluding carboxylic acids is 1. The van der Waals surface area contributed by atoms with Crippen molar-refractivity contribution < 1.29 is 4.79 Å². The molecule has 1 unspecified atom stereocenters. The van der Waals surface area contributed by atoms with Crippen LogP contribution in [0.1, 0.15) is 50.0 Å². The van der Waals surface area contributed by atoms with Crippen LogP contribution in [-0.4, -0.2) is 66.0 Å². The van der Waals surface area contributed by atoms with Gasteiger partial charge >= 0.3 is 0 Å². The maximum absolute atomic E-state index is 12.8. The van der Waals surface area contributed by atoms with Gasteiger partial charge in [-0.05, 0) is 44.4 Å². The molecule has 5 heteroatoms. The first kappa shape index (κ1) is 17.2. The van der Waals surface area contributed by atoms with Crippen molar-refractivity contribution in [1.82, 2.24) is 14.8 Å². The molecule has 0 aliphatic carbocycles. The van der Waals surface area contributed by atoms with Crippen molar-refractivity contribution in [3.8, 4) is 0 Å². The third kappa shape index (κ3) is 3.72. The number of piperidine rings is 1. The molecule has 0 bridgehead atoms. The largest absolute Gasteiger partial charge is 0.368 e. The van der Waals surface area contributed by atoms with Crippen LogP contribution in [0.4, 0.5) is 5.69 Å². The maximum Gasteiger partial charge on any atom is 0.272 e. The van der Waals surface area contributed by atoms with E-state index in [4.69, 9.17) is 0 Å². The van der Waals surface area contributed by atoms with Crippen molar-refractivity contribution >= 4 is 11.6 Å². The first-order valence-electron chi connectivity index (χ1n) is 9.47. The van der Waals surface area contributed by atoms with Gasteiger partial charge in [-0.1, -0.05) is 13.8 Å². The van der Waals surface area contributed by atoms with E-state index in [2.05, 4.69) is 34.7 Å². The van der Waals surface area contributed by atoms with E-state index in [1.807, 2.05) is 17.2 Å². The monoisotopic (exact) mass is 330 g/mol. The molecule has 3 rings (SSSR count). The molecular formula is C19H30N4O. The van der Waals surface area contributed by atoms with Crippen LogP contribution in [0.25, 0.3) is 0 Å². The zero-order chi connectivity index (χ0) is 16.9. The summed E-state index contributed by atoms with van der Waals surface area (Å²) < 4.78 is 0. The Morgan fingerprint density at radius 3 is 2.54 bits per heavy atom. The molecule has 0 saturated carbocycles. The van der Waals surface area contributed by atoms with Crippen molar-refractivity contribution in [3.05, 3.63) is 24.0 Å². The topological polar surface area (TPSA) is 39.7 Å². The number of anilines is 1. The van der Waals surface area contributed by atoms with E-state index in [1.54, 1.807) is 0 Å². The van der Waals surface area contributed by atoms with Gasteiger partial charge in [0.15, 0.2) is 0 Å². The average Bonchev–Trinajstić information content (AvgIpc) is 2.67. The van der Waals surface area contributed by atoms with Crippen molar-refractivity contribution in [2.75, 3.05) is 44.2 Å². The first-order chi connectivity index (χ1) is 11.7. The fraction of sp³-hybridized carbons (Fsp3) is 0.684. The van der Waals surface area contributed by atoms with Gasteiger partial charge in [0.05, 0.1) is 11.9 Å². The lowest BCUT2D eigenvalue weighted by Gasteiger charge is -2.36. The molecule has 2 saturated heterocycles. The summed E-state index contributed by atoms with van der Waals surface area (Å²) in [5.74, 6) is 0.101. The fourth-order valence-corrected chi connectivity index (χ4v) is 3.86. The lowest BCUT2D eigenvalue weighted by Crippen LogP contribution is -2.46. The summed E-state index contributed by atoms with van der Waals surface area (Å²) in [6.07, 6.45) is 6.38. The summed E-state index contributed by atoms with van der Waals surface area (Å²) in [6.45, 7) is 10.6. The third-order valence-corrected chi connectivity index (χ3v) is 5.51. The van der Waals surface area contributed by atoms with Crippen LogP contribution in [0, 0.1) is 0 Å². The minimum absolute atomic E-state index is 0.101. The summed E-state index contributed by atoms with van der Waals surface area (Å²) in [5.41, 5.74) is 1.72. The molecule has 3 heterocycles. The molecule has 0 radical (unpaired) electrons. The van der Waals surface area contributed by atoms with Crippen LogP contribution in [0.15, 0.2) is 18.3 Å². The van der Waals surface area contributed by atoms with E-state index >= 15 is 0 Å². The molecule has 1 aromatic rings. The summed E-state index contributed by atoms with van der Waals surface area (Å²) >= 11 is 0. The Morgan fingerprint density at radius 2 is 1.92 bits per heavy atom. The van der Waals surface area contributed by atoms with Crippen LogP contribution < -0.4 is 4.90 Å². The standard InChI is InChI=1S/C19H30N4O/c1-3-16-7-5-6-10-23(16)19(24)18-9-8-17(15-20-18)22-13-11-21(4-2)12-14-22/h8-9,15-16H,3-7,10-14H2,1-2H3. The average molecular weight is 330 g/mol. The van der Waals surface area contributed by atoms with Gasteiger partial charge in [-0.2, -0.15) is 0 Å². The molecule has 0 N–H and O–H groups in total. The number of likely N-dealkylation sites (tertiary alicyclic amines) is 1. The Hall–Kier alpha value is -1.62. The normalized spacial score (nSPS) is 22.7. The number of pyridine rings is 1. The number of carbonyl (C=O) groups is 1. The van der Waals surface area contributed by atoms with E-state index in [0.29, 0.717) is 11.7 Å². The van der Waals surface area contributed by atoms with Crippen LogP contribution in [-0.2, 0) is 0 Å². The number of piperazine rings is 1. The Kier molecular flexibility index (Phi) is 5.72. The first-order valence-corrected chi connectivity index (χ1v) is 9.47. The number of hydrogen-bond donors (Lipinski definition) is 0. The second-order valence-electron chi connectivity index (χ2n) is 6.88. The van der Waals surface area contributed by atoms with Gasteiger partial charge in [-0.15, -0.1) is 0 Å². The number of likely N-dealkylation sites (N-methyl/N-ethyl adjacent to an activating group) is 1. The highest BCUT2D eigenvalue weighted by Crippen LogP contribution is 2.22. The number of aromatic nitrogens is 1. The molecule has 24 heavy (non-hydrogen) atoms. The molecule has 2 fully saturated rings. The number of hydrogen-bond acceptors (Lipinski definition) is 4. The second kappa shape index (κ2) is 7.97. The number of nitrogens with zero attached hydrogens (tertiary/aromatic N) is 4. The molecular weight excluding hydrogens is 300 g/mol.